The van der Waals surface area contributed by atoms with Gasteiger partial charge in [-0.05, 0) is 44.0 Å². The quantitative estimate of drug-likeness (QED) is 0.445. The Kier molecular flexibility index (Phi) is 4.57. The molecule has 6 rings (SSSR count). The van der Waals surface area contributed by atoms with E-state index in [0.29, 0.717) is 29.0 Å². The monoisotopic (exact) mass is 473 g/mol. The second kappa shape index (κ2) is 7.36. The minimum absolute atomic E-state index is 0.179. The topological polar surface area (TPSA) is 76.6 Å². The summed E-state index contributed by atoms with van der Waals surface area (Å²) >= 11 is 0. The van der Waals surface area contributed by atoms with Crippen molar-refractivity contribution in [2.45, 2.75) is 32.4 Å². The van der Waals surface area contributed by atoms with Gasteiger partial charge in [-0.15, -0.1) is 0 Å². The zero-order valence-electron chi connectivity index (χ0n) is 20.4. The van der Waals surface area contributed by atoms with Gasteiger partial charge in [0.2, 0.25) is 6.79 Å². The molecule has 2 aliphatic heterocycles. The number of benzene rings is 2. The summed E-state index contributed by atoms with van der Waals surface area (Å²) in [4.78, 5) is 26.7. The third-order valence-corrected chi connectivity index (χ3v) is 7.09. The second-order valence-corrected chi connectivity index (χ2v) is 9.98. The molecule has 2 aromatic heterocycles. The first kappa shape index (κ1) is 21.7. The zero-order chi connectivity index (χ0) is 24.6. The summed E-state index contributed by atoms with van der Waals surface area (Å²) < 4.78 is 22.5. The Hall–Kier alpha value is -3.78. The Labute approximate surface area is 201 Å². The lowest BCUT2D eigenvalue weighted by atomic mass is 9.97. The Morgan fingerprint density at radius 1 is 0.943 bits per heavy atom. The van der Waals surface area contributed by atoms with Gasteiger partial charge in [-0.3, -0.25) is 13.9 Å². The Bertz CT molecular complexity index is 1620. The minimum atomic E-state index is -0.503. The highest BCUT2D eigenvalue weighted by Gasteiger charge is 2.41. The van der Waals surface area contributed by atoms with Crippen LogP contribution < -0.4 is 20.7 Å². The number of aromatic nitrogens is 3. The molecular weight excluding hydrogens is 446 g/mol. The molecule has 2 aliphatic rings. The van der Waals surface area contributed by atoms with Gasteiger partial charge < -0.3 is 18.8 Å². The van der Waals surface area contributed by atoms with Crippen LogP contribution in [0.5, 0.6) is 11.5 Å². The molecule has 180 valence electrons. The summed E-state index contributed by atoms with van der Waals surface area (Å²) in [7, 11) is 3.23. The molecule has 0 spiro atoms. The molecule has 0 bridgehead atoms. The maximum absolute atomic E-state index is 13.6. The van der Waals surface area contributed by atoms with Gasteiger partial charge in [0, 0.05) is 14.1 Å². The van der Waals surface area contributed by atoms with Crippen molar-refractivity contribution in [3.63, 3.8) is 0 Å². The first-order valence-electron chi connectivity index (χ1n) is 11.6. The molecule has 0 radical (unpaired) electrons. The van der Waals surface area contributed by atoms with Crippen LogP contribution in [0.15, 0.2) is 52.1 Å². The molecule has 1 unspecified atom stereocenters. The van der Waals surface area contributed by atoms with Gasteiger partial charge in [0.25, 0.3) is 5.56 Å². The fourth-order valence-corrected chi connectivity index (χ4v) is 5.31. The van der Waals surface area contributed by atoms with Crippen LogP contribution in [0.2, 0.25) is 0 Å². The summed E-state index contributed by atoms with van der Waals surface area (Å²) in [5.74, 6) is 1.34. The van der Waals surface area contributed by atoms with Crippen molar-refractivity contribution in [3.05, 3.63) is 80.1 Å². The lowest BCUT2D eigenvalue weighted by Crippen LogP contribution is -2.40. The van der Waals surface area contributed by atoms with Crippen molar-refractivity contribution in [2.75, 3.05) is 13.4 Å². The zero-order valence-corrected chi connectivity index (χ0v) is 20.4. The predicted octanol–water partition coefficient (Wildman–Crippen LogP) is 3.60. The van der Waals surface area contributed by atoms with Crippen LogP contribution in [0, 0.1) is 6.92 Å². The highest BCUT2D eigenvalue weighted by Crippen LogP contribution is 2.46. The molecule has 1 atom stereocenters. The maximum atomic E-state index is 13.6. The normalized spacial score (nSPS) is 18.1. The van der Waals surface area contributed by atoms with E-state index in [4.69, 9.17) is 14.2 Å². The average molecular weight is 474 g/mol. The lowest BCUT2D eigenvalue weighted by molar-refractivity contribution is -0.00713. The third kappa shape index (κ3) is 3.02. The number of fused-ring (bicyclic) bond motifs is 4. The summed E-state index contributed by atoms with van der Waals surface area (Å²) in [6.45, 7) is 6.81. The molecule has 8 nitrogen and oxygen atoms in total. The molecule has 2 aromatic carbocycles. The maximum Gasteiger partial charge on any atom is 0.331 e. The average Bonchev–Trinajstić information content (AvgIpc) is 3.45. The molecule has 0 saturated heterocycles. The van der Waals surface area contributed by atoms with E-state index in [-0.39, 0.29) is 18.0 Å². The smallest absolute Gasteiger partial charge is 0.331 e. The van der Waals surface area contributed by atoms with Crippen molar-refractivity contribution in [2.24, 2.45) is 14.1 Å². The largest absolute Gasteiger partial charge is 0.454 e. The molecule has 4 heterocycles. The van der Waals surface area contributed by atoms with Crippen LogP contribution in [-0.2, 0) is 24.4 Å². The first-order valence-corrected chi connectivity index (χ1v) is 11.6. The molecular formula is C27H27N3O5. The number of rotatable bonds is 2. The molecule has 0 fully saturated rings. The van der Waals surface area contributed by atoms with Gasteiger partial charge in [-0.1, -0.05) is 35.9 Å². The van der Waals surface area contributed by atoms with Crippen LogP contribution in [0.1, 0.15) is 36.8 Å². The van der Waals surface area contributed by atoms with E-state index in [2.05, 4.69) is 18.4 Å². The van der Waals surface area contributed by atoms with Crippen molar-refractivity contribution >= 4 is 10.9 Å². The predicted molar refractivity (Wildman–Crippen MR) is 132 cm³/mol. The van der Waals surface area contributed by atoms with Crippen molar-refractivity contribution in [1.82, 2.24) is 13.7 Å². The number of ether oxygens (including phenoxy) is 3. The summed E-state index contributed by atoms with van der Waals surface area (Å²) in [6.07, 6.45) is -0.503. The van der Waals surface area contributed by atoms with Gasteiger partial charge in [0.15, 0.2) is 11.5 Å². The molecule has 4 aromatic rings. The fraction of sp³-hybridized carbons (Fsp3) is 0.333. The number of nitrogens with zero attached hydrogens (tertiary/aromatic N) is 3. The lowest BCUT2D eigenvalue weighted by Gasteiger charge is -2.39. The van der Waals surface area contributed by atoms with Crippen LogP contribution in [0.3, 0.4) is 0 Å². The molecule has 0 aliphatic carbocycles. The number of hydrogen-bond donors (Lipinski definition) is 0. The van der Waals surface area contributed by atoms with Gasteiger partial charge in [0.1, 0.15) is 6.10 Å². The molecule has 8 heteroatoms. The number of hydrogen-bond acceptors (Lipinski definition) is 5. The molecule has 35 heavy (non-hydrogen) atoms. The fourth-order valence-electron chi connectivity index (χ4n) is 5.31. The van der Waals surface area contributed by atoms with Gasteiger partial charge >= 0.3 is 5.69 Å². The van der Waals surface area contributed by atoms with E-state index in [1.807, 2.05) is 49.4 Å². The summed E-state index contributed by atoms with van der Waals surface area (Å²) in [6, 6.07) is 13.9. The van der Waals surface area contributed by atoms with Crippen molar-refractivity contribution in [3.8, 4) is 22.8 Å². The molecule has 0 N–H and O–H groups in total. The van der Waals surface area contributed by atoms with Crippen molar-refractivity contribution < 1.29 is 14.2 Å². The highest BCUT2D eigenvalue weighted by molar-refractivity contribution is 5.96. The van der Waals surface area contributed by atoms with Crippen LogP contribution in [0.25, 0.3) is 22.2 Å². The van der Waals surface area contributed by atoms with E-state index >= 15 is 0 Å². The van der Waals surface area contributed by atoms with Gasteiger partial charge in [-0.25, -0.2) is 4.79 Å². The van der Waals surface area contributed by atoms with Crippen LogP contribution in [-0.4, -0.2) is 27.1 Å². The second-order valence-electron chi connectivity index (χ2n) is 9.98. The van der Waals surface area contributed by atoms with Gasteiger partial charge in [-0.2, -0.15) is 0 Å². The molecule has 0 saturated carbocycles. The van der Waals surface area contributed by atoms with Crippen LogP contribution in [0.4, 0.5) is 0 Å². The van der Waals surface area contributed by atoms with E-state index in [0.717, 1.165) is 28.1 Å². The standard InChI is InChI=1S/C27H27N3O5/c1-15-6-8-16(9-7-15)21-20-22(28(4)26(32)29(5)25(20)31)23-24(33-13-27(2,3)30(21)23)17-10-11-18-19(12-17)35-14-34-18/h6-12,24H,13-14H2,1-5H3. The first-order chi connectivity index (χ1) is 16.7. The highest BCUT2D eigenvalue weighted by atomic mass is 16.7. The van der Waals surface area contributed by atoms with Crippen LogP contribution >= 0.6 is 0 Å². The third-order valence-electron chi connectivity index (χ3n) is 7.09. The van der Waals surface area contributed by atoms with Crippen molar-refractivity contribution in [1.29, 1.82) is 0 Å². The summed E-state index contributed by atoms with van der Waals surface area (Å²) in [5, 5.41) is 0.512. The SMILES string of the molecule is Cc1ccc(-c2c3c(=O)n(C)c(=O)n(C)c3c3n2C(C)(C)COC3c2ccc3c(c2)OCO3)cc1. The Morgan fingerprint density at radius 3 is 2.40 bits per heavy atom. The Balaban J connectivity index is 1.77. The van der Waals surface area contributed by atoms with E-state index in [1.54, 1.807) is 11.6 Å². The Morgan fingerprint density at radius 2 is 1.66 bits per heavy atom. The van der Waals surface area contributed by atoms with E-state index in [9.17, 15) is 9.59 Å². The summed E-state index contributed by atoms with van der Waals surface area (Å²) in [5.41, 5.74) is 3.92. The van der Waals surface area contributed by atoms with E-state index < -0.39 is 11.6 Å². The molecule has 0 amide bonds. The van der Waals surface area contributed by atoms with E-state index in [1.165, 1.54) is 11.6 Å². The minimum Gasteiger partial charge on any atom is -0.454 e. The number of aryl methyl sites for hydroxylation is 2. The van der Waals surface area contributed by atoms with Gasteiger partial charge in [0.05, 0.1) is 34.4 Å².